The van der Waals surface area contributed by atoms with Gasteiger partial charge in [-0.25, -0.2) is 4.98 Å². The molecule has 0 radical (unpaired) electrons. The Morgan fingerprint density at radius 3 is 2.78 bits per heavy atom. The molecule has 2 heterocycles. The predicted octanol–water partition coefficient (Wildman–Crippen LogP) is 4.17. The third kappa shape index (κ3) is 5.29. The van der Waals surface area contributed by atoms with Gasteiger partial charge in [0.2, 0.25) is 0 Å². The molecule has 0 fully saturated rings. The van der Waals surface area contributed by atoms with Gasteiger partial charge in [0.15, 0.2) is 11.5 Å². The first kappa shape index (κ1) is 18.9. The van der Waals surface area contributed by atoms with Gasteiger partial charge < -0.3 is 15.0 Å². The summed E-state index contributed by atoms with van der Waals surface area (Å²) in [6.45, 7) is 3.53. The highest BCUT2D eigenvalue weighted by Gasteiger charge is 2.12. The molecular weight excluding hydrogens is 338 g/mol. The highest BCUT2D eigenvalue weighted by atomic mass is 16.5. The first-order valence-corrected chi connectivity index (χ1v) is 9.58. The lowest BCUT2D eigenvalue weighted by Crippen LogP contribution is -2.06. The average molecular weight is 365 g/mol. The topological polar surface area (TPSA) is 78.9 Å². The fraction of sp³-hybridized carbons (Fsp3) is 0.381. The van der Waals surface area contributed by atoms with Crippen molar-refractivity contribution in [2.45, 2.75) is 45.6 Å². The molecule has 0 aliphatic rings. The molecule has 0 spiro atoms. The molecule has 0 saturated heterocycles. The monoisotopic (exact) mass is 365 g/mol. The number of allylic oxidation sites excluding steroid dienone is 2. The van der Waals surface area contributed by atoms with Crippen molar-refractivity contribution in [2.24, 2.45) is 0 Å². The molecule has 142 valence electrons. The Hall–Kier alpha value is -2.89. The van der Waals surface area contributed by atoms with Crippen molar-refractivity contribution in [1.82, 2.24) is 19.5 Å². The van der Waals surface area contributed by atoms with Crippen LogP contribution in [0.1, 0.15) is 38.2 Å². The molecule has 27 heavy (non-hydrogen) atoms. The second-order valence-corrected chi connectivity index (χ2v) is 6.46. The second-order valence-electron chi connectivity index (χ2n) is 6.46. The van der Waals surface area contributed by atoms with Crippen molar-refractivity contribution >= 4 is 17.0 Å². The van der Waals surface area contributed by atoms with E-state index in [0.29, 0.717) is 24.0 Å². The van der Waals surface area contributed by atoms with Crippen LogP contribution in [0.15, 0.2) is 48.8 Å². The molecule has 2 N–H and O–H groups in total. The van der Waals surface area contributed by atoms with E-state index >= 15 is 0 Å². The van der Waals surface area contributed by atoms with E-state index in [2.05, 4.69) is 46.2 Å². The summed E-state index contributed by atoms with van der Waals surface area (Å²) >= 11 is 0. The van der Waals surface area contributed by atoms with Gasteiger partial charge in [-0.3, -0.25) is 0 Å². The van der Waals surface area contributed by atoms with E-state index in [1.807, 2.05) is 22.8 Å². The number of ether oxygens (including phenoxy) is 1. The number of imidazole rings is 1. The molecule has 6 heteroatoms. The predicted molar refractivity (Wildman–Crippen MR) is 109 cm³/mol. The number of benzene rings is 1. The number of nitrogen functional groups attached to an aromatic ring is 1. The summed E-state index contributed by atoms with van der Waals surface area (Å²) in [5.74, 6) is 0.364. The van der Waals surface area contributed by atoms with Crippen molar-refractivity contribution in [3.63, 3.8) is 0 Å². The summed E-state index contributed by atoms with van der Waals surface area (Å²) in [6.07, 6.45) is 11.2. The van der Waals surface area contributed by atoms with Crippen LogP contribution in [0.3, 0.4) is 0 Å². The summed E-state index contributed by atoms with van der Waals surface area (Å²) in [5, 5.41) is 0. The van der Waals surface area contributed by atoms with Gasteiger partial charge in [0, 0.05) is 6.54 Å². The molecule has 1 aromatic carbocycles. The van der Waals surface area contributed by atoms with Crippen LogP contribution in [-0.4, -0.2) is 26.1 Å². The highest BCUT2D eigenvalue weighted by molar-refractivity contribution is 5.81. The summed E-state index contributed by atoms with van der Waals surface area (Å²) < 4.78 is 7.76. The largest absolute Gasteiger partial charge is 0.463 e. The third-order valence-electron chi connectivity index (χ3n) is 4.33. The molecule has 2 aromatic heterocycles. The van der Waals surface area contributed by atoms with Gasteiger partial charge >= 0.3 is 6.01 Å². The Morgan fingerprint density at radius 2 is 1.96 bits per heavy atom. The minimum atomic E-state index is 0.320. The van der Waals surface area contributed by atoms with Gasteiger partial charge in [0.05, 0.1) is 12.9 Å². The molecular formula is C21H27N5O. The molecule has 0 saturated carbocycles. The molecule has 0 bridgehead atoms. The Kier molecular flexibility index (Phi) is 6.79. The lowest BCUT2D eigenvalue weighted by molar-refractivity contribution is 0.288. The normalized spacial score (nSPS) is 11.4. The van der Waals surface area contributed by atoms with Crippen LogP contribution < -0.4 is 10.5 Å². The van der Waals surface area contributed by atoms with E-state index in [-0.39, 0.29) is 0 Å². The number of rotatable bonds is 10. The standard InChI is InChI=1S/C21H27N5O/c1-2-3-4-5-9-14-26-16-23-18-19(22)24-21(25-20(18)26)27-15-10-13-17-11-7-6-8-12-17/h3-4,6-8,11-12,16H,2,5,9-10,13-15H2,1H3,(H2,22,24,25)/b4-3+. The number of nitrogens with two attached hydrogens (primary N) is 1. The minimum Gasteiger partial charge on any atom is -0.463 e. The third-order valence-corrected chi connectivity index (χ3v) is 4.33. The van der Waals surface area contributed by atoms with Crippen LogP contribution in [0.4, 0.5) is 5.82 Å². The van der Waals surface area contributed by atoms with Crippen molar-refractivity contribution in [2.75, 3.05) is 12.3 Å². The first-order chi connectivity index (χ1) is 13.3. The van der Waals surface area contributed by atoms with Crippen LogP contribution >= 0.6 is 0 Å². The number of aryl methyl sites for hydroxylation is 2. The van der Waals surface area contributed by atoms with Crippen LogP contribution in [0.5, 0.6) is 6.01 Å². The minimum absolute atomic E-state index is 0.320. The molecule has 0 aliphatic carbocycles. The number of hydrogen-bond donors (Lipinski definition) is 1. The summed E-state index contributed by atoms with van der Waals surface area (Å²) in [5.41, 5.74) is 8.71. The van der Waals surface area contributed by atoms with Gasteiger partial charge in [-0.15, -0.1) is 0 Å². The maximum Gasteiger partial charge on any atom is 0.320 e. The lowest BCUT2D eigenvalue weighted by Gasteiger charge is -2.07. The number of fused-ring (bicyclic) bond motifs is 1. The zero-order valence-corrected chi connectivity index (χ0v) is 15.8. The Balaban J connectivity index is 1.58. The van der Waals surface area contributed by atoms with Crippen molar-refractivity contribution in [1.29, 1.82) is 0 Å². The van der Waals surface area contributed by atoms with E-state index in [1.54, 1.807) is 6.33 Å². The van der Waals surface area contributed by atoms with Gasteiger partial charge in [-0.05, 0) is 37.7 Å². The number of nitrogens with zero attached hydrogens (tertiary/aromatic N) is 4. The lowest BCUT2D eigenvalue weighted by atomic mass is 10.1. The number of anilines is 1. The molecule has 6 nitrogen and oxygen atoms in total. The molecule has 0 unspecified atom stereocenters. The molecule has 0 aliphatic heterocycles. The first-order valence-electron chi connectivity index (χ1n) is 9.58. The highest BCUT2D eigenvalue weighted by Crippen LogP contribution is 2.20. The zero-order valence-electron chi connectivity index (χ0n) is 15.8. The maximum absolute atomic E-state index is 6.04. The van der Waals surface area contributed by atoms with E-state index in [9.17, 15) is 0 Å². The smallest absolute Gasteiger partial charge is 0.320 e. The van der Waals surface area contributed by atoms with Crippen LogP contribution in [-0.2, 0) is 13.0 Å². The maximum atomic E-state index is 6.04. The molecule has 3 rings (SSSR count). The van der Waals surface area contributed by atoms with E-state index < -0.39 is 0 Å². The van der Waals surface area contributed by atoms with Crippen molar-refractivity contribution in [3.8, 4) is 6.01 Å². The second kappa shape index (κ2) is 9.71. The van der Waals surface area contributed by atoms with Crippen molar-refractivity contribution < 1.29 is 4.74 Å². The van der Waals surface area contributed by atoms with Gasteiger partial charge in [-0.1, -0.05) is 49.4 Å². The summed E-state index contributed by atoms with van der Waals surface area (Å²) in [4.78, 5) is 13.1. The van der Waals surface area contributed by atoms with Crippen molar-refractivity contribution in [3.05, 3.63) is 54.4 Å². The van der Waals surface area contributed by atoms with Crippen LogP contribution in [0.2, 0.25) is 0 Å². The summed E-state index contributed by atoms with van der Waals surface area (Å²) in [6, 6.07) is 10.7. The van der Waals surface area contributed by atoms with Crippen LogP contribution in [0.25, 0.3) is 11.2 Å². The fourth-order valence-corrected chi connectivity index (χ4v) is 2.92. The van der Waals surface area contributed by atoms with E-state index in [0.717, 1.165) is 44.3 Å². The van der Waals surface area contributed by atoms with Crippen LogP contribution in [0, 0.1) is 0 Å². The molecule has 0 amide bonds. The molecule has 0 atom stereocenters. The molecule has 3 aromatic rings. The van der Waals surface area contributed by atoms with E-state index in [1.165, 1.54) is 5.56 Å². The average Bonchev–Trinajstić information content (AvgIpc) is 3.09. The fourth-order valence-electron chi connectivity index (χ4n) is 2.92. The Bertz CT molecular complexity index is 873. The Morgan fingerprint density at radius 1 is 1.11 bits per heavy atom. The number of unbranched alkanes of at least 4 members (excludes halogenated alkanes) is 1. The quantitative estimate of drug-likeness (QED) is 0.431. The number of aromatic nitrogens is 4. The van der Waals surface area contributed by atoms with Gasteiger partial charge in [0.25, 0.3) is 0 Å². The SMILES string of the molecule is CC/C=C/CCCn1cnc2c(N)nc(OCCCc3ccccc3)nc21. The van der Waals surface area contributed by atoms with Gasteiger partial charge in [-0.2, -0.15) is 9.97 Å². The Labute approximate surface area is 160 Å². The number of hydrogen-bond acceptors (Lipinski definition) is 5. The summed E-state index contributed by atoms with van der Waals surface area (Å²) in [7, 11) is 0. The van der Waals surface area contributed by atoms with E-state index in [4.69, 9.17) is 10.5 Å². The van der Waals surface area contributed by atoms with Gasteiger partial charge in [0.1, 0.15) is 5.52 Å². The zero-order chi connectivity index (χ0) is 18.9.